The quantitative estimate of drug-likeness (QED) is 0.483. The van der Waals surface area contributed by atoms with Crippen LogP contribution in [0.15, 0.2) is 12.2 Å². The van der Waals surface area contributed by atoms with E-state index in [1.807, 2.05) is 0 Å². The van der Waals surface area contributed by atoms with Gasteiger partial charge in [-0.3, -0.25) is 0 Å². The van der Waals surface area contributed by atoms with E-state index in [0.29, 0.717) is 10.2 Å². The molecule has 0 saturated carbocycles. The van der Waals surface area contributed by atoms with Crippen LogP contribution in [0.1, 0.15) is 47.0 Å². The summed E-state index contributed by atoms with van der Waals surface area (Å²) in [6.07, 6.45) is 3.48. The summed E-state index contributed by atoms with van der Waals surface area (Å²) < 4.78 is 0. The highest BCUT2D eigenvalue weighted by atomic mass is 79.9. The maximum absolute atomic E-state index is 4.05. The lowest BCUT2D eigenvalue weighted by Gasteiger charge is -2.26. The van der Waals surface area contributed by atoms with Gasteiger partial charge in [0.15, 0.2) is 0 Å². The van der Waals surface area contributed by atoms with Crippen molar-refractivity contribution < 1.29 is 0 Å². The van der Waals surface area contributed by atoms with Crippen LogP contribution in [-0.2, 0) is 0 Å². The summed E-state index contributed by atoms with van der Waals surface area (Å²) in [5.74, 6) is 0. The van der Waals surface area contributed by atoms with Crippen molar-refractivity contribution in [3.8, 4) is 0 Å². The van der Waals surface area contributed by atoms with Crippen LogP contribution in [0.25, 0.3) is 0 Å². The Morgan fingerprint density at radius 3 is 2.33 bits per heavy atom. The number of allylic oxidation sites excluding steroid dienone is 1. The third-order valence-corrected chi connectivity index (χ3v) is 2.39. The molecule has 0 aliphatic rings. The molecule has 0 aliphatic carbocycles. The fourth-order valence-electron chi connectivity index (χ4n) is 1.64. The minimum atomic E-state index is 0.399. The fourth-order valence-corrected chi connectivity index (χ4v) is 2.51. The molecule has 0 heterocycles. The highest BCUT2D eigenvalue weighted by Crippen LogP contribution is 2.32. The van der Waals surface area contributed by atoms with Gasteiger partial charge in [0.05, 0.1) is 0 Å². The third kappa shape index (κ3) is 5.82. The van der Waals surface area contributed by atoms with Gasteiger partial charge in [-0.05, 0) is 24.7 Å². The van der Waals surface area contributed by atoms with E-state index in [9.17, 15) is 0 Å². The summed E-state index contributed by atoms with van der Waals surface area (Å²) in [5, 5.41) is 0. The van der Waals surface area contributed by atoms with E-state index in [0.717, 1.165) is 12.8 Å². The van der Waals surface area contributed by atoms with Gasteiger partial charge in [0.25, 0.3) is 0 Å². The molecule has 0 fully saturated rings. The van der Waals surface area contributed by atoms with Crippen molar-refractivity contribution in [2.75, 3.05) is 0 Å². The molecular weight excluding hydrogens is 212 g/mol. The minimum absolute atomic E-state index is 0.399. The number of alkyl halides is 1. The zero-order valence-electron chi connectivity index (χ0n) is 8.78. The minimum Gasteiger partial charge on any atom is -0.0999 e. The monoisotopic (exact) mass is 232 g/mol. The van der Waals surface area contributed by atoms with Crippen molar-refractivity contribution in [1.82, 2.24) is 0 Å². The van der Waals surface area contributed by atoms with Crippen molar-refractivity contribution >= 4 is 15.9 Å². The van der Waals surface area contributed by atoms with Crippen LogP contribution in [-0.4, -0.2) is 4.83 Å². The van der Waals surface area contributed by atoms with Crippen LogP contribution in [0.2, 0.25) is 0 Å². The second-order valence-corrected chi connectivity index (χ2v) is 5.99. The highest BCUT2D eigenvalue weighted by molar-refractivity contribution is 9.09. The third-order valence-electron chi connectivity index (χ3n) is 2.06. The summed E-state index contributed by atoms with van der Waals surface area (Å²) in [6, 6.07) is 0. The fraction of sp³-hybridized carbons (Fsp3) is 0.818. The lowest BCUT2D eigenvalue weighted by molar-refractivity contribution is 0.332. The molecule has 0 N–H and O–H groups in total. The Bertz CT molecular complexity index is 145. The van der Waals surface area contributed by atoms with Gasteiger partial charge < -0.3 is 0 Å². The zero-order chi connectivity index (χ0) is 9.78. The smallest absolute Gasteiger partial charge is 0.0122 e. The van der Waals surface area contributed by atoms with E-state index < -0.39 is 0 Å². The first-order valence-corrected chi connectivity index (χ1v) is 5.59. The summed E-state index contributed by atoms with van der Waals surface area (Å²) in [6.45, 7) is 13.1. The Balaban J connectivity index is 3.94. The van der Waals surface area contributed by atoms with Crippen LogP contribution in [0, 0.1) is 5.41 Å². The van der Waals surface area contributed by atoms with Gasteiger partial charge in [-0.25, -0.2) is 0 Å². The van der Waals surface area contributed by atoms with Gasteiger partial charge in [-0.2, -0.15) is 0 Å². The van der Waals surface area contributed by atoms with Crippen molar-refractivity contribution in [2.45, 2.75) is 51.8 Å². The summed E-state index contributed by atoms with van der Waals surface area (Å²) in [7, 11) is 0. The maximum atomic E-state index is 4.05. The van der Waals surface area contributed by atoms with Crippen molar-refractivity contribution in [3.05, 3.63) is 12.2 Å². The van der Waals surface area contributed by atoms with Gasteiger partial charge in [0.2, 0.25) is 0 Å². The predicted molar refractivity (Wildman–Crippen MR) is 60.8 cm³/mol. The van der Waals surface area contributed by atoms with E-state index in [2.05, 4.69) is 50.2 Å². The molecule has 0 amide bonds. The molecule has 1 heteroatoms. The molecule has 0 aromatic rings. The molecule has 0 radical (unpaired) electrons. The van der Waals surface area contributed by atoms with E-state index in [-0.39, 0.29) is 0 Å². The van der Waals surface area contributed by atoms with E-state index >= 15 is 0 Å². The van der Waals surface area contributed by atoms with Gasteiger partial charge in [-0.15, -0.1) is 0 Å². The number of hydrogen-bond donors (Lipinski definition) is 0. The maximum Gasteiger partial charge on any atom is 0.0122 e. The summed E-state index contributed by atoms with van der Waals surface area (Å²) in [4.78, 5) is 0.608. The van der Waals surface area contributed by atoms with Crippen LogP contribution in [0.3, 0.4) is 0 Å². The number of hydrogen-bond acceptors (Lipinski definition) is 0. The van der Waals surface area contributed by atoms with Gasteiger partial charge in [-0.1, -0.05) is 55.8 Å². The highest BCUT2D eigenvalue weighted by Gasteiger charge is 2.20. The first-order chi connectivity index (χ1) is 5.37. The molecule has 0 nitrogen and oxygen atoms in total. The van der Waals surface area contributed by atoms with Crippen molar-refractivity contribution in [2.24, 2.45) is 5.41 Å². The molecule has 0 saturated heterocycles. The molecule has 1 unspecified atom stereocenters. The largest absolute Gasteiger partial charge is 0.0999 e. The normalized spacial score (nSPS) is 14.4. The molecule has 0 aliphatic heterocycles. The average molecular weight is 233 g/mol. The van der Waals surface area contributed by atoms with Gasteiger partial charge >= 0.3 is 0 Å². The Morgan fingerprint density at radius 1 is 1.50 bits per heavy atom. The second-order valence-electron chi connectivity index (χ2n) is 4.43. The van der Waals surface area contributed by atoms with Crippen LogP contribution >= 0.6 is 15.9 Å². The Morgan fingerprint density at radius 2 is 2.00 bits per heavy atom. The van der Waals surface area contributed by atoms with Crippen molar-refractivity contribution in [3.63, 3.8) is 0 Å². The molecule has 72 valence electrons. The lowest BCUT2D eigenvalue weighted by atomic mass is 9.81. The number of halogens is 1. The Hall–Kier alpha value is 0.220. The molecule has 1 atom stereocenters. The topological polar surface area (TPSA) is 0 Å². The molecular formula is C11H21Br. The molecule has 0 aromatic heterocycles. The predicted octanol–water partition coefficient (Wildman–Crippen LogP) is 4.54. The lowest BCUT2D eigenvalue weighted by Crippen LogP contribution is -2.16. The Kier molecular flexibility index (Phi) is 5.15. The van der Waals surface area contributed by atoms with Crippen LogP contribution in [0.5, 0.6) is 0 Å². The standard InChI is InChI=1S/C11H21Br/c1-6-9(2)7-11(4,5)8-10(3)12/h10H,2,6-8H2,1,3-5H3. The summed E-state index contributed by atoms with van der Waals surface area (Å²) >= 11 is 3.59. The van der Waals surface area contributed by atoms with Crippen LogP contribution in [0.4, 0.5) is 0 Å². The van der Waals surface area contributed by atoms with E-state index in [1.54, 1.807) is 0 Å². The molecule has 12 heavy (non-hydrogen) atoms. The van der Waals surface area contributed by atoms with Crippen molar-refractivity contribution in [1.29, 1.82) is 0 Å². The van der Waals surface area contributed by atoms with E-state index in [4.69, 9.17) is 0 Å². The van der Waals surface area contributed by atoms with Gasteiger partial charge in [0, 0.05) is 4.83 Å². The molecule has 0 rings (SSSR count). The molecule has 0 aromatic carbocycles. The van der Waals surface area contributed by atoms with Gasteiger partial charge in [0.1, 0.15) is 0 Å². The number of rotatable bonds is 5. The SMILES string of the molecule is C=C(CC)CC(C)(C)CC(C)Br. The summed E-state index contributed by atoms with van der Waals surface area (Å²) in [5.41, 5.74) is 1.77. The first-order valence-electron chi connectivity index (χ1n) is 4.68. The Labute approximate surface area is 85.6 Å². The zero-order valence-corrected chi connectivity index (χ0v) is 10.4. The molecule has 0 bridgehead atoms. The first kappa shape index (κ1) is 12.2. The van der Waals surface area contributed by atoms with E-state index in [1.165, 1.54) is 12.0 Å². The van der Waals surface area contributed by atoms with Crippen LogP contribution < -0.4 is 0 Å². The molecule has 0 spiro atoms. The average Bonchev–Trinajstić information content (AvgIpc) is 1.83. The second kappa shape index (κ2) is 5.06.